The lowest BCUT2D eigenvalue weighted by Gasteiger charge is -2.17. The molecule has 2 aromatic rings. The molecule has 0 saturated carbocycles. The largest absolute Gasteiger partial charge is 0.351 e. The fraction of sp³-hybridized carbons (Fsp3) is 0.250. The Hall–Kier alpha value is -1.22. The summed E-state index contributed by atoms with van der Waals surface area (Å²) in [6.45, 7) is 3.29. The van der Waals surface area contributed by atoms with Crippen molar-refractivity contribution in [3.8, 4) is 0 Å². The smallest absolute Gasteiger partial charge is 0.257 e. The highest BCUT2D eigenvalue weighted by Crippen LogP contribution is 2.47. The molecular formula is C12H10Cl2N2O4S2. The Kier molecular flexibility index (Phi) is 4.49. The minimum absolute atomic E-state index is 0.136. The molecule has 0 aliphatic carbocycles. The van der Waals surface area contributed by atoms with Crippen molar-refractivity contribution in [1.82, 2.24) is 4.98 Å². The number of thiazole rings is 1. The number of hydrogen-bond donors (Lipinski definition) is 0. The summed E-state index contributed by atoms with van der Waals surface area (Å²) in [4.78, 5) is 14.0. The molecule has 1 aromatic carbocycles. The molecule has 6 nitrogen and oxygen atoms in total. The molecule has 0 saturated heterocycles. The quantitative estimate of drug-likeness (QED) is 0.457. The number of aromatic nitrogens is 1. The van der Waals surface area contributed by atoms with E-state index in [1.54, 1.807) is 19.1 Å². The van der Waals surface area contributed by atoms with Gasteiger partial charge in [-0.25, -0.2) is 13.4 Å². The molecule has 0 amide bonds. The Labute approximate surface area is 140 Å². The average molecular weight is 381 g/mol. The number of halogens is 2. The monoisotopic (exact) mass is 380 g/mol. The number of rotatable bonds is 4. The third-order valence-electron chi connectivity index (χ3n) is 2.83. The molecule has 0 fully saturated rings. The summed E-state index contributed by atoms with van der Waals surface area (Å²) in [7, 11) is -4.28. The molecule has 22 heavy (non-hydrogen) atoms. The number of sulfone groups is 1. The van der Waals surface area contributed by atoms with E-state index in [1.807, 2.05) is 0 Å². The van der Waals surface area contributed by atoms with Crippen LogP contribution < -0.4 is 0 Å². The molecule has 0 atom stereocenters. The van der Waals surface area contributed by atoms with Gasteiger partial charge >= 0.3 is 5.00 Å². The summed E-state index contributed by atoms with van der Waals surface area (Å²) in [6.07, 6.45) is 0. The van der Waals surface area contributed by atoms with Gasteiger partial charge in [-0.3, -0.25) is 10.1 Å². The number of nitro groups is 1. The maximum absolute atomic E-state index is 12.6. The first kappa shape index (κ1) is 17.1. The van der Waals surface area contributed by atoms with Crippen molar-refractivity contribution in [3.05, 3.63) is 50.6 Å². The molecule has 1 heterocycles. The summed E-state index contributed by atoms with van der Waals surface area (Å²) in [5, 5.41) is 10.9. The van der Waals surface area contributed by atoms with Crippen molar-refractivity contribution in [2.24, 2.45) is 0 Å². The van der Waals surface area contributed by atoms with E-state index < -0.39 is 29.1 Å². The van der Waals surface area contributed by atoms with Crippen LogP contribution in [0, 0.1) is 24.0 Å². The van der Waals surface area contributed by atoms with Gasteiger partial charge in [0.05, 0.1) is 14.8 Å². The van der Waals surface area contributed by atoms with Crippen molar-refractivity contribution < 1.29 is 13.3 Å². The van der Waals surface area contributed by atoms with E-state index >= 15 is 0 Å². The van der Waals surface area contributed by atoms with Crippen LogP contribution in [0.4, 0.5) is 5.00 Å². The van der Waals surface area contributed by atoms with E-state index in [0.717, 1.165) is 16.9 Å². The third-order valence-corrected chi connectivity index (χ3v) is 7.09. The molecule has 10 heteroatoms. The van der Waals surface area contributed by atoms with Crippen LogP contribution in [0.25, 0.3) is 0 Å². The van der Waals surface area contributed by atoms with Gasteiger partial charge in [-0.05, 0) is 37.3 Å². The van der Waals surface area contributed by atoms with Crippen molar-refractivity contribution in [2.45, 2.75) is 22.4 Å². The molecule has 0 N–H and O–H groups in total. The predicted molar refractivity (Wildman–Crippen MR) is 85.3 cm³/mol. The van der Waals surface area contributed by atoms with Gasteiger partial charge in [0, 0.05) is 0 Å². The van der Waals surface area contributed by atoms with E-state index in [4.69, 9.17) is 23.2 Å². The van der Waals surface area contributed by atoms with Gasteiger partial charge in [-0.15, -0.1) is 0 Å². The van der Waals surface area contributed by atoms with Gasteiger partial charge in [0.15, 0.2) is 5.69 Å². The van der Waals surface area contributed by atoms with Crippen LogP contribution in [-0.4, -0.2) is 18.3 Å². The molecule has 1 aromatic heterocycles. The molecule has 0 aliphatic rings. The van der Waals surface area contributed by atoms with Crippen LogP contribution in [0.3, 0.4) is 0 Å². The number of nitrogens with zero attached hydrogens (tertiary/aromatic N) is 2. The topological polar surface area (TPSA) is 90.2 Å². The second kappa shape index (κ2) is 5.77. The Morgan fingerprint density at radius 1 is 1.23 bits per heavy atom. The summed E-state index contributed by atoms with van der Waals surface area (Å²) < 4.78 is 22.7. The van der Waals surface area contributed by atoms with Crippen LogP contribution in [0.5, 0.6) is 0 Å². The van der Waals surface area contributed by atoms with E-state index in [1.165, 1.54) is 19.1 Å². The van der Waals surface area contributed by atoms with E-state index in [9.17, 15) is 18.5 Å². The van der Waals surface area contributed by atoms with Crippen molar-refractivity contribution in [2.75, 3.05) is 0 Å². The third kappa shape index (κ3) is 2.83. The molecule has 0 bridgehead atoms. The van der Waals surface area contributed by atoms with Crippen LogP contribution in [-0.2, 0) is 13.5 Å². The van der Waals surface area contributed by atoms with Gasteiger partial charge in [0.25, 0.3) is 3.67 Å². The highest BCUT2D eigenvalue weighted by molar-refractivity contribution is 7.95. The minimum Gasteiger partial charge on any atom is -0.257 e. The predicted octanol–water partition coefficient (Wildman–Crippen LogP) is 3.73. The maximum atomic E-state index is 12.6. The number of alkyl halides is 2. The lowest BCUT2D eigenvalue weighted by atomic mass is 10.2. The fourth-order valence-corrected chi connectivity index (χ4v) is 4.67. The Balaban J connectivity index is 2.63. The van der Waals surface area contributed by atoms with Crippen LogP contribution in [0.1, 0.15) is 16.3 Å². The first-order valence-electron chi connectivity index (χ1n) is 5.89. The summed E-state index contributed by atoms with van der Waals surface area (Å²) in [5.41, 5.74) is 0.369. The average Bonchev–Trinajstić information content (AvgIpc) is 2.82. The first-order valence-corrected chi connectivity index (χ1v) is 8.94. The maximum Gasteiger partial charge on any atom is 0.351 e. The van der Waals surface area contributed by atoms with Crippen LogP contribution in [0.2, 0.25) is 0 Å². The van der Waals surface area contributed by atoms with Crippen molar-refractivity contribution in [1.29, 1.82) is 0 Å². The summed E-state index contributed by atoms with van der Waals surface area (Å²) in [6, 6.07) is 5.85. The van der Waals surface area contributed by atoms with Crippen LogP contribution in [0.15, 0.2) is 29.2 Å². The summed E-state index contributed by atoms with van der Waals surface area (Å²) in [5.74, 6) is 0. The number of hydrogen-bond acceptors (Lipinski definition) is 6. The standard InChI is InChI=1S/C12H10Cl2N2O4S2/c1-7-3-5-9(6-4-7)22(19,20)12(13,14)10-11(16(17)18)21-8(2)15-10/h3-6H,1-2H3. The molecule has 2 rings (SSSR count). The van der Waals surface area contributed by atoms with Gasteiger partial charge in [-0.2, -0.15) is 0 Å². The normalized spacial score (nSPS) is 12.4. The zero-order chi connectivity index (χ0) is 16.7. The summed E-state index contributed by atoms with van der Waals surface area (Å²) >= 11 is 12.7. The van der Waals surface area contributed by atoms with Gasteiger partial charge in [-0.1, -0.05) is 40.9 Å². The Morgan fingerprint density at radius 2 is 1.77 bits per heavy atom. The minimum atomic E-state index is -4.28. The Morgan fingerprint density at radius 3 is 2.27 bits per heavy atom. The zero-order valence-corrected chi connectivity index (χ0v) is 14.6. The highest BCUT2D eigenvalue weighted by atomic mass is 35.5. The highest BCUT2D eigenvalue weighted by Gasteiger charge is 2.50. The van der Waals surface area contributed by atoms with Crippen molar-refractivity contribution >= 4 is 49.4 Å². The van der Waals surface area contributed by atoms with Crippen LogP contribution >= 0.6 is 34.5 Å². The van der Waals surface area contributed by atoms with Gasteiger partial charge < -0.3 is 0 Å². The fourth-order valence-electron chi connectivity index (χ4n) is 1.72. The van der Waals surface area contributed by atoms with E-state index in [0.29, 0.717) is 5.01 Å². The second-order valence-corrected chi connectivity index (χ2v) is 9.52. The lowest BCUT2D eigenvalue weighted by molar-refractivity contribution is -0.381. The second-order valence-electron chi connectivity index (χ2n) is 4.48. The molecule has 0 unspecified atom stereocenters. The van der Waals surface area contributed by atoms with E-state index in [-0.39, 0.29) is 4.90 Å². The van der Waals surface area contributed by atoms with Crippen molar-refractivity contribution in [3.63, 3.8) is 0 Å². The first-order chi connectivity index (χ1) is 10.1. The molecular weight excluding hydrogens is 371 g/mol. The zero-order valence-electron chi connectivity index (χ0n) is 11.4. The molecule has 118 valence electrons. The molecule has 0 radical (unpaired) electrons. The van der Waals surface area contributed by atoms with Gasteiger partial charge in [0.2, 0.25) is 9.84 Å². The SMILES string of the molecule is Cc1ccc(S(=O)(=O)C(Cl)(Cl)c2nc(C)sc2[N+](=O)[O-])cc1. The number of aryl methyl sites for hydroxylation is 2. The number of benzene rings is 1. The van der Waals surface area contributed by atoms with Gasteiger partial charge in [0.1, 0.15) is 0 Å². The lowest BCUT2D eigenvalue weighted by Crippen LogP contribution is -2.25. The molecule has 0 spiro atoms. The van der Waals surface area contributed by atoms with E-state index in [2.05, 4.69) is 4.98 Å². The Bertz CT molecular complexity index is 829. The molecule has 0 aliphatic heterocycles.